The first kappa shape index (κ1) is 8.31. The summed E-state index contributed by atoms with van der Waals surface area (Å²) in [5, 5.41) is 0. The number of nitrogens with zero attached hydrogens (tertiary/aromatic N) is 1. The molecule has 1 aliphatic rings. The minimum atomic E-state index is -3.27. The smallest absolute Gasteiger partial charge is 0.264 e. The zero-order valence-corrected chi connectivity index (χ0v) is 7.95. The average Bonchev–Trinajstić information content (AvgIpc) is 2.13. The SMILES string of the molecule is CN1C=Cc2ccccc2S1(=O)=O. The van der Waals surface area contributed by atoms with Crippen molar-refractivity contribution in [2.45, 2.75) is 4.90 Å². The van der Waals surface area contributed by atoms with E-state index in [0.29, 0.717) is 4.90 Å². The number of hydrogen-bond acceptors (Lipinski definition) is 2. The van der Waals surface area contributed by atoms with Gasteiger partial charge < -0.3 is 0 Å². The third kappa shape index (κ3) is 1.14. The second-order valence-corrected chi connectivity index (χ2v) is 4.84. The molecule has 0 radical (unpaired) electrons. The van der Waals surface area contributed by atoms with Gasteiger partial charge in [0.25, 0.3) is 10.0 Å². The lowest BCUT2D eigenvalue weighted by Crippen LogP contribution is -2.24. The normalized spacial score (nSPS) is 18.4. The molecule has 0 unspecified atom stereocenters. The molecule has 0 bridgehead atoms. The van der Waals surface area contributed by atoms with E-state index in [9.17, 15) is 8.42 Å². The molecular formula is C9H9NO2S. The average molecular weight is 195 g/mol. The minimum absolute atomic E-state index is 0.375. The number of sulfonamides is 1. The van der Waals surface area contributed by atoms with Gasteiger partial charge in [0.2, 0.25) is 0 Å². The van der Waals surface area contributed by atoms with Crippen LogP contribution in [0.5, 0.6) is 0 Å². The maximum atomic E-state index is 11.7. The highest BCUT2D eigenvalue weighted by Gasteiger charge is 2.23. The Morgan fingerprint density at radius 2 is 1.92 bits per heavy atom. The monoisotopic (exact) mass is 195 g/mol. The Morgan fingerprint density at radius 1 is 1.23 bits per heavy atom. The molecule has 1 heterocycles. The molecule has 0 spiro atoms. The van der Waals surface area contributed by atoms with Crippen molar-refractivity contribution >= 4 is 16.1 Å². The van der Waals surface area contributed by atoms with Crippen molar-refractivity contribution in [3.63, 3.8) is 0 Å². The van der Waals surface area contributed by atoms with Gasteiger partial charge >= 0.3 is 0 Å². The molecule has 1 aromatic rings. The Labute approximate surface area is 77.4 Å². The number of hydrogen-bond donors (Lipinski definition) is 0. The second kappa shape index (κ2) is 2.60. The largest absolute Gasteiger partial charge is 0.276 e. The molecule has 0 amide bonds. The van der Waals surface area contributed by atoms with Crippen LogP contribution in [0.3, 0.4) is 0 Å². The van der Waals surface area contributed by atoms with Crippen LogP contribution in [0.25, 0.3) is 6.08 Å². The predicted octanol–water partition coefficient (Wildman–Crippen LogP) is 1.29. The van der Waals surface area contributed by atoms with Gasteiger partial charge in [0.15, 0.2) is 0 Å². The summed E-state index contributed by atoms with van der Waals surface area (Å²) in [6.07, 6.45) is 3.34. The van der Waals surface area contributed by atoms with Gasteiger partial charge in [0, 0.05) is 13.2 Å². The quantitative estimate of drug-likeness (QED) is 0.625. The summed E-state index contributed by atoms with van der Waals surface area (Å²) in [6.45, 7) is 0. The topological polar surface area (TPSA) is 37.4 Å². The molecule has 0 aliphatic carbocycles. The summed E-state index contributed by atoms with van der Waals surface area (Å²) in [5.74, 6) is 0. The van der Waals surface area contributed by atoms with Gasteiger partial charge in [-0.15, -0.1) is 0 Å². The Bertz CT molecular complexity index is 462. The standard InChI is InChI=1S/C9H9NO2S/c1-10-7-6-8-4-2-3-5-9(8)13(10,11)12/h2-7H,1H3. The Morgan fingerprint density at radius 3 is 2.69 bits per heavy atom. The summed E-state index contributed by atoms with van der Waals surface area (Å²) in [5.41, 5.74) is 0.751. The number of benzene rings is 1. The minimum Gasteiger partial charge on any atom is -0.276 e. The molecule has 0 saturated carbocycles. The molecule has 1 aromatic carbocycles. The van der Waals surface area contributed by atoms with E-state index in [4.69, 9.17) is 0 Å². The number of fused-ring (bicyclic) bond motifs is 1. The zero-order chi connectivity index (χ0) is 9.47. The van der Waals surface area contributed by atoms with Crippen LogP contribution >= 0.6 is 0 Å². The molecule has 2 rings (SSSR count). The van der Waals surface area contributed by atoms with Crippen molar-refractivity contribution in [2.75, 3.05) is 7.05 Å². The molecule has 0 saturated heterocycles. The summed E-state index contributed by atoms with van der Waals surface area (Å²) in [7, 11) is -1.74. The van der Waals surface area contributed by atoms with Crippen LogP contribution in [0.15, 0.2) is 35.4 Å². The van der Waals surface area contributed by atoms with E-state index >= 15 is 0 Å². The predicted molar refractivity (Wildman–Crippen MR) is 50.4 cm³/mol. The van der Waals surface area contributed by atoms with Crippen molar-refractivity contribution in [3.05, 3.63) is 36.0 Å². The lowest BCUT2D eigenvalue weighted by Gasteiger charge is -2.20. The molecule has 0 atom stereocenters. The Hall–Kier alpha value is -1.29. The van der Waals surface area contributed by atoms with Crippen molar-refractivity contribution in [3.8, 4) is 0 Å². The fourth-order valence-corrected chi connectivity index (χ4v) is 2.49. The third-order valence-electron chi connectivity index (χ3n) is 2.04. The third-order valence-corrected chi connectivity index (χ3v) is 3.85. The van der Waals surface area contributed by atoms with Crippen molar-refractivity contribution in [1.82, 2.24) is 4.31 Å². The summed E-state index contributed by atoms with van der Waals surface area (Å²) in [4.78, 5) is 0.375. The van der Waals surface area contributed by atoms with Gasteiger partial charge in [0.1, 0.15) is 0 Å². The lowest BCUT2D eigenvalue weighted by atomic mass is 10.2. The van der Waals surface area contributed by atoms with Crippen molar-refractivity contribution < 1.29 is 8.42 Å². The molecule has 0 aromatic heterocycles. The van der Waals surface area contributed by atoms with Crippen LogP contribution in [-0.2, 0) is 10.0 Å². The van der Waals surface area contributed by atoms with Crippen LogP contribution in [0.2, 0.25) is 0 Å². The van der Waals surface area contributed by atoms with Crippen LogP contribution in [0.4, 0.5) is 0 Å². The first-order valence-corrected chi connectivity index (χ1v) is 5.31. The molecular weight excluding hydrogens is 186 g/mol. The van der Waals surface area contributed by atoms with E-state index in [1.807, 2.05) is 6.07 Å². The maximum absolute atomic E-state index is 11.7. The van der Waals surface area contributed by atoms with E-state index in [1.165, 1.54) is 11.4 Å². The maximum Gasteiger partial charge on any atom is 0.264 e. The van der Waals surface area contributed by atoms with Gasteiger partial charge in [-0.2, -0.15) is 0 Å². The second-order valence-electron chi connectivity index (χ2n) is 2.87. The van der Waals surface area contributed by atoms with E-state index in [1.54, 1.807) is 30.5 Å². The summed E-state index contributed by atoms with van der Waals surface area (Å²) >= 11 is 0. The lowest BCUT2D eigenvalue weighted by molar-refractivity contribution is 0.537. The number of rotatable bonds is 0. The molecule has 3 nitrogen and oxygen atoms in total. The van der Waals surface area contributed by atoms with Gasteiger partial charge in [-0.25, -0.2) is 8.42 Å². The molecule has 1 aliphatic heterocycles. The van der Waals surface area contributed by atoms with Gasteiger partial charge in [0.05, 0.1) is 4.90 Å². The van der Waals surface area contributed by atoms with E-state index < -0.39 is 10.0 Å². The van der Waals surface area contributed by atoms with Crippen LogP contribution in [0.1, 0.15) is 5.56 Å². The first-order chi connectivity index (χ1) is 6.12. The molecule has 68 valence electrons. The highest BCUT2D eigenvalue weighted by atomic mass is 32.2. The van der Waals surface area contributed by atoms with Crippen LogP contribution < -0.4 is 0 Å². The fraction of sp³-hybridized carbons (Fsp3) is 0.111. The van der Waals surface area contributed by atoms with Gasteiger partial charge in [-0.3, -0.25) is 4.31 Å². The van der Waals surface area contributed by atoms with Crippen LogP contribution in [0, 0.1) is 0 Å². The highest BCUT2D eigenvalue weighted by molar-refractivity contribution is 7.89. The molecule has 4 heteroatoms. The van der Waals surface area contributed by atoms with E-state index in [-0.39, 0.29) is 0 Å². The van der Waals surface area contributed by atoms with Crippen LogP contribution in [-0.4, -0.2) is 19.8 Å². The molecule has 0 fully saturated rings. The first-order valence-electron chi connectivity index (χ1n) is 3.87. The Balaban J connectivity index is 2.76. The fourth-order valence-electron chi connectivity index (χ4n) is 1.27. The van der Waals surface area contributed by atoms with Crippen molar-refractivity contribution in [1.29, 1.82) is 0 Å². The molecule has 0 N–H and O–H groups in total. The van der Waals surface area contributed by atoms with E-state index in [0.717, 1.165) is 5.56 Å². The van der Waals surface area contributed by atoms with Gasteiger partial charge in [-0.05, 0) is 17.7 Å². The summed E-state index contributed by atoms with van der Waals surface area (Å²) in [6, 6.07) is 6.95. The van der Waals surface area contributed by atoms with E-state index in [2.05, 4.69) is 0 Å². The zero-order valence-electron chi connectivity index (χ0n) is 7.14. The Kier molecular flexibility index (Phi) is 1.66. The highest BCUT2D eigenvalue weighted by Crippen LogP contribution is 2.24. The summed E-state index contributed by atoms with van der Waals surface area (Å²) < 4.78 is 24.6. The van der Waals surface area contributed by atoms with Gasteiger partial charge in [-0.1, -0.05) is 18.2 Å². The van der Waals surface area contributed by atoms with Crippen molar-refractivity contribution in [2.24, 2.45) is 0 Å². The molecule has 13 heavy (non-hydrogen) atoms.